The van der Waals surface area contributed by atoms with E-state index in [4.69, 9.17) is 19.3 Å². The molecule has 9 heteroatoms. The van der Waals surface area contributed by atoms with E-state index in [-0.39, 0.29) is 12.6 Å². The molecule has 1 rings (SSSR count). The van der Waals surface area contributed by atoms with Crippen molar-refractivity contribution in [1.82, 2.24) is 0 Å². The second-order valence-electron chi connectivity index (χ2n) is 3.36. The maximum atomic E-state index is 10.4. The Morgan fingerprint density at radius 3 is 2.53 bits per heavy atom. The number of hydrogen-bond acceptors (Lipinski definition) is 5. The van der Waals surface area contributed by atoms with Gasteiger partial charge in [0.05, 0.1) is 12.6 Å². The smallest absolute Gasteiger partial charge is 0.388 e. The van der Waals surface area contributed by atoms with Gasteiger partial charge < -0.3 is 24.4 Å². The van der Waals surface area contributed by atoms with Crippen LogP contribution >= 0.6 is 7.82 Å². The predicted molar refractivity (Wildman–Crippen MR) is 52.0 cm³/mol. The van der Waals surface area contributed by atoms with Crippen molar-refractivity contribution in [3.8, 4) is 0 Å². The molecule has 0 aromatic heterocycles. The van der Waals surface area contributed by atoms with Crippen LogP contribution in [0.15, 0.2) is 0 Å². The number of phosphoric acid groups is 1. The molecule has 0 bridgehead atoms. The first-order chi connectivity index (χ1) is 6.85. The molecule has 1 unspecified atom stereocenters. The molecule has 1 aliphatic heterocycles. The van der Waals surface area contributed by atoms with Gasteiger partial charge >= 0.3 is 7.82 Å². The number of rotatable bonds is 4. The molecule has 0 spiro atoms. The van der Waals surface area contributed by atoms with E-state index in [1.165, 1.54) is 7.11 Å². The van der Waals surface area contributed by atoms with Crippen LogP contribution in [0.3, 0.4) is 0 Å². The Morgan fingerprint density at radius 2 is 2.13 bits per heavy atom. The van der Waals surface area contributed by atoms with Crippen LogP contribution in [0.4, 0.5) is 0 Å². The molecular weight excluding hydrogens is 226 g/mol. The fourth-order valence-corrected chi connectivity index (χ4v) is 1.90. The number of phosphoric ester groups is 1. The normalized spacial score (nSPS) is 37.1. The minimum Gasteiger partial charge on any atom is -0.388 e. The van der Waals surface area contributed by atoms with Crippen LogP contribution in [0.1, 0.15) is 0 Å². The Balaban J connectivity index is 2.48. The summed E-state index contributed by atoms with van der Waals surface area (Å²) in [6, 6.07) is -0.338. The van der Waals surface area contributed by atoms with Gasteiger partial charge in [0.25, 0.3) is 0 Å². The SMILES string of the molecule is B[C@@H]1OC(COP(=O)(O)O)[C@@H](O)[C@H]1OC. The second kappa shape index (κ2) is 4.92. The Kier molecular flexibility index (Phi) is 4.31. The molecule has 1 fully saturated rings. The second-order valence-corrected chi connectivity index (χ2v) is 4.60. The van der Waals surface area contributed by atoms with Gasteiger partial charge in [0.2, 0.25) is 0 Å². The van der Waals surface area contributed by atoms with E-state index < -0.39 is 26.1 Å². The molecule has 0 aliphatic carbocycles. The van der Waals surface area contributed by atoms with Crippen LogP contribution in [-0.4, -0.2) is 60.8 Å². The van der Waals surface area contributed by atoms with Crippen LogP contribution in [0.5, 0.6) is 0 Å². The first kappa shape index (κ1) is 13.1. The summed E-state index contributed by atoms with van der Waals surface area (Å²) in [5.74, 6) is 0. The number of ether oxygens (including phenoxy) is 2. The van der Waals surface area contributed by atoms with Crippen LogP contribution < -0.4 is 0 Å². The van der Waals surface area contributed by atoms with Gasteiger partial charge in [-0.1, -0.05) is 0 Å². The average Bonchev–Trinajstić information content (AvgIpc) is 2.37. The molecule has 0 saturated carbocycles. The lowest BCUT2D eigenvalue weighted by Crippen LogP contribution is -2.35. The molecule has 7 nitrogen and oxygen atoms in total. The van der Waals surface area contributed by atoms with E-state index in [0.717, 1.165) is 0 Å². The molecule has 1 aliphatic rings. The number of aliphatic hydroxyl groups is 1. The van der Waals surface area contributed by atoms with Gasteiger partial charge in [-0.2, -0.15) is 0 Å². The zero-order valence-corrected chi connectivity index (χ0v) is 9.33. The molecule has 1 saturated heterocycles. The molecule has 1 heterocycles. The summed E-state index contributed by atoms with van der Waals surface area (Å²) < 4.78 is 24.9. The first-order valence-corrected chi connectivity index (χ1v) is 5.94. The van der Waals surface area contributed by atoms with Crippen molar-refractivity contribution in [2.24, 2.45) is 0 Å². The Bertz CT molecular complexity index is 256. The molecule has 3 N–H and O–H groups in total. The third-order valence-electron chi connectivity index (χ3n) is 2.25. The monoisotopic (exact) mass is 240 g/mol. The van der Waals surface area contributed by atoms with Crippen molar-refractivity contribution in [1.29, 1.82) is 0 Å². The largest absolute Gasteiger partial charge is 0.469 e. The Morgan fingerprint density at radius 1 is 1.53 bits per heavy atom. The summed E-state index contributed by atoms with van der Waals surface area (Å²) in [7, 11) is -1.39. The zero-order valence-electron chi connectivity index (χ0n) is 8.44. The fourth-order valence-electron chi connectivity index (χ4n) is 1.56. The van der Waals surface area contributed by atoms with E-state index >= 15 is 0 Å². The maximum absolute atomic E-state index is 10.4. The van der Waals surface area contributed by atoms with Crippen molar-refractivity contribution in [2.75, 3.05) is 13.7 Å². The van der Waals surface area contributed by atoms with Gasteiger partial charge in [-0.25, -0.2) is 4.57 Å². The summed E-state index contributed by atoms with van der Waals surface area (Å²) in [5, 5.41) is 9.63. The van der Waals surface area contributed by atoms with Gasteiger partial charge in [0.15, 0.2) is 0 Å². The predicted octanol–water partition coefficient (Wildman–Crippen LogP) is -2.17. The minimum atomic E-state index is -4.52. The highest BCUT2D eigenvalue weighted by Gasteiger charge is 2.42. The maximum Gasteiger partial charge on any atom is 0.469 e. The third-order valence-corrected chi connectivity index (χ3v) is 2.73. The van der Waals surface area contributed by atoms with Crippen molar-refractivity contribution in [3.05, 3.63) is 0 Å². The molecule has 0 aromatic rings. The van der Waals surface area contributed by atoms with E-state index in [1.807, 2.05) is 0 Å². The van der Waals surface area contributed by atoms with E-state index in [1.54, 1.807) is 7.85 Å². The van der Waals surface area contributed by atoms with Crippen LogP contribution in [0.2, 0.25) is 0 Å². The van der Waals surface area contributed by atoms with Gasteiger partial charge in [0, 0.05) is 7.11 Å². The molecular formula is C6H14BO7P. The average molecular weight is 240 g/mol. The molecule has 0 aromatic carbocycles. The number of hydrogen-bond donors (Lipinski definition) is 3. The van der Waals surface area contributed by atoms with Gasteiger partial charge in [-0.05, 0) is 0 Å². The van der Waals surface area contributed by atoms with E-state index in [0.29, 0.717) is 0 Å². The molecule has 0 radical (unpaired) electrons. The van der Waals surface area contributed by atoms with Crippen LogP contribution in [0, 0.1) is 0 Å². The number of aliphatic hydroxyl groups excluding tert-OH is 1. The summed E-state index contributed by atoms with van der Waals surface area (Å²) in [6.45, 7) is -0.365. The highest BCUT2D eigenvalue weighted by atomic mass is 31.2. The van der Waals surface area contributed by atoms with E-state index in [9.17, 15) is 9.67 Å². The van der Waals surface area contributed by atoms with Gasteiger partial charge in [-0.3, -0.25) is 4.52 Å². The van der Waals surface area contributed by atoms with Crippen molar-refractivity contribution in [3.63, 3.8) is 0 Å². The summed E-state index contributed by atoms with van der Waals surface area (Å²) >= 11 is 0. The number of methoxy groups -OCH3 is 1. The highest BCUT2D eigenvalue weighted by Crippen LogP contribution is 2.37. The van der Waals surface area contributed by atoms with E-state index in [2.05, 4.69) is 4.52 Å². The quantitative estimate of drug-likeness (QED) is 0.379. The zero-order chi connectivity index (χ0) is 11.6. The molecule has 0 amide bonds. The fraction of sp³-hybridized carbons (Fsp3) is 1.00. The first-order valence-electron chi connectivity index (χ1n) is 4.41. The Hall–Kier alpha value is 0.0549. The van der Waals surface area contributed by atoms with Crippen LogP contribution in [0.25, 0.3) is 0 Å². The Labute approximate surface area is 88.0 Å². The molecule has 4 atom stereocenters. The molecule has 15 heavy (non-hydrogen) atoms. The third kappa shape index (κ3) is 3.53. The minimum absolute atomic E-state index is 0.338. The molecule has 88 valence electrons. The van der Waals surface area contributed by atoms with Crippen molar-refractivity contribution in [2.45, 2.75) is 24.3 Å². The summed E-state index contributed by atoms with van der Waals surface area (Å²) in [5.41, 5.74) is 0. The van der Waals surface area contributed by atoms with Gasteiger partial charge in [-0.15, -0.1) is 0 Å². The van der Waals surface area contributed by atoms with Crippen LogP contribution in [-0.2, 0) is 18.6 Å². The lowest BCUT2D eigenvalue weighted by molar-refractivity contribution is -0.0143. The highest BCUT2D eigenvalue weighted by molar-refractivity contribution is 7.46. The lowest BCUT2D eigenvalue weighted by Gasteiger charge is -2.16. The van der Waals surface area contributed by atoms with Gasteiger partial charge in [0.1, 0.15) is 26.2 Å². The topological polar surface area (TPSA) is 105 Å². The lowest BCUT2D eigenvalue weighted by atomic mass is 9.93. The van der Waals surface area contributed by atoms with Crippen molar-refractivity contribution < 1.29 is 33.5 Å². The summed E-state index contributed by atoms with van der Waals surface area (Å²) in [4.78, 5) is 16.9. The van der Waals surface area contributed by atoms with Crippen molar-refractivity contribution >= 4 is 15.7 Å². The standard InChI is InChI=1S/C6H14BO7P/c1-12-5-4(8)3(14-6(5)7)2-13-15(9,10)11/h3-6,8H,2,7H2,1H3,(H2,9,10,11)/t3?,4-,5-,6-/m1/s1. The summed E-state index contributed by atoms with van der Waals surface area (Å²) in [6.07, 6.45) is -2.23.